The van der Waals surface area contributed by atoms with Gasteiger partial charge in [-0.05, 0) is 22.4 Å². The maximum Gasteiger partial charge on any atom is 0.197 e. The van der Waals surface area contributed by atoms with Crippen molar-refractivity contribution in [2.24, 2.45) is 0 Å². The molecule has 0 aromatic carbocycles. The summed E-state index contributed by atoms with van der Waals surface area (Å²) in [7, 11) is 1.95. The van der Waals surface area contributed by atoms with Crippen LogP contribution in [0.3, 0.4) is 0 Å². The zero-order valence-corrected chi connectivity index (χ0v) is 13.3. The maximum absolute atomic E-state index is 5.80. The van der Waals surface area contributed by atoms with Gasteiger partial charge in [-0.2, -0.15) is 0 Å². The Kier molecular flexibility index (Phi) is 5.01. The molecule has 0 radical (unpaired) electrons. The number of nitrogens with zero attached hydrogens (tertiary/aromatic N) is 1. The van der Waals surface area contributed by atoms with E-state index in [1.165, 1.54) is 0 Å². The molecule has 6 heteroatoms. The van der Waals surface area contributed by atoms with Gasteiger partial charge in [0.25, 0.3) is 0 Å². The highest BCUT2D eigenvalue weighted by Crippen LogP contribution is 2.30. The van der Waals surface area contributed by atoms with Gasteiger partial charge in [-0.3, -0.25) is 0 Å². The molecule has 2 heterocycles. The van der Waals surface area contributed by atoms with Gasteiger partial charge >= 0.3 is 0 Å². The summed E-state index contributed by atoms with van der Waals surface area (Å²) in [6.45, 7) is 4.28. The SMILES string of the molecule is CCCOCCN(C)c1cc(=S)c2occ(Br)c2o1. The summed E-state index contributed by atoms with van der Waals surface area (Å²) in [5, 5.41) is 0. The average Bonchev–Trinajstić information content (AvgIpc) is 2.77. The summed E-state index contributed by atoms with van der Waals surface area (Å²) in [4.78, 5) is 1.98. The van der Waals surface area contributed by atoms with E-state index in [1.807, 2.05) is 11.9 Å². The third-order valence-corrected chi connectivity index (χ3v) is 3.53. The number of ether oxygens (including phenoxy) is 1. The molecule has 2 aromatic rings. The number of anilines is 1. The molecule has 0 unspecified atom stereocenters. The first kappa shape index (κ1) is 14.6. The lowest BCUT2D eigenvalue weighted by Gasteiger charge is -2.17. The lowest BCUT2D eigenvalue weighted by atomic mass is 10.4. The molecule has 104 valence electrons. The molecular formula is C13H16BrNO3S. The zero-order chi connectivity index (χ0) is 13.8. The summed E-state index contributed by atoms with van der Waals surface area (Å²) >= 11 is 8.68. The molecule has 4 nitrogen and oxygen atoms in total. The van der Waals surface area contributed by atoms with Crippen molar-refractivity contribution in [1.29, 1.82) is 0 Å². The summed E-state index contributed by atoms with van der Waals surface area (Å²) in [6, 6.07) is 1.80. The minimum absolute atomic E-state index is 0.598. The van der Waals surface area contributed by atoms with Crippen molar-refractivity contribution in [3.8, 4) is 0 Å². The number of furan rings is 1. The van der Waals surface area contributed by atoms with E-state index in [2.05, 4.69) is 22.9 Å². The van der Waals surface area contributed by atoms with Crippen LogP contribution in [0, 0.1) is 4.51 Å². The van der Waals surface area contributed by atoms with Crippen LogP contribution in [-0.2, 0) is 4.74 Å². The topological polar surface area (TPSA) is 38.8 Å². The summed E-state index contributed by atoms with van der Waals surface area (Å²) < 4.78 is 18.0. The third kappa shape index (κ3) is 3.38. The Morgan fingerprint density at radius 3 is 2.89 bits per heavy atom. The van der Waals surface area contributed by atoms with Crippen LogP contribution in [0.4, 0.5) is 5.88 Å². The molecule has 0 N–H and O–H groups in total. The van der Waals surface area contributed by atoms with E-state index < -0.39 is 0 Å². The number of likely N-dealkylation sites (N-methyl/N-ethyl adjacent to an activating group) is 1. The van der Waals surface area contributed by atoms with Gasteiger partial charge in [0.15, 0.2) is 17.1 Å². The highest BCUT2D eigenvalue weighted by Gasteiger charge is 2.12. The summed E-state index contributed by atoms with van der Waals surface area (Å²) in [6.07, 6.45) is 2.61. The molecule has 0 atom stereocenters. The first-order valence-electron chi connectivity index (χ1n) is 6.13. The van der Waals surface area contributed by atoms with Crippen molar-refractivity contribution in [2.45, 2.75) is 13.3 Å². The van der Waals surface area contributed by atoms with Crippen molar-refractivity contribution in [2.75, 3.05) is 31.7 Å². The molecular weight excluding hydrogens is 330 g/mol. The highest BCUT2D eigenvalue weighted by atomic mass is 79.9. The second-order valence-electron chi connectivity index (χ2n) is 4.22. The fraction of sp³-hybridized carbons (Fsp3) is 0.462. The Labute approximate surface area is 125 Å². The molecule has 0 bridgehead atoms. The highest BCUT2D eigenvalue weighted by molar-refractivity contribution is 9.10. The fourth-order valence-electron chi connectivity index (χ4n) is 1.65. The lowest BCUT2D eigenvalue weighted by molar-refractivity contribution is 0.141. The Bertz CT molecular complexity index is 607. The molecule has 0 saturated heterocycles. The van der Waals surface area contributed by atoms with Crippen molar-refractivity contribution < 1.29 is 13.6 Å². The minimum Gasteiger partial charge on any atom is -0.458 e. The summed E-state index contributed by atoms with van der Waals surface area (Å²) in [5.74, 6) is 0.708. The molecule has 0 aliphatic heterocycles. The van der Waals surface area contributed by atoms with Crippen molar-refractivity contribution in [1.82, 2.24) is 0 Å². The first-order chi connectivity index (χ1) is 9.13. The largest absolute Gasteiger partial charge is 0.458 e. The van der Waals surface area contributed by atoms with Gasteiger partial charge in [-0.15, -0.1) is 0 Å². The second-order valence-corrected chi connectivity index (χ2v) is 5.52. The van der Waals surface area contributed by atoms with Gasteiger partial charge in [0.2, 0.25) is 0 Å². The number of hydrogen-bond acceptors (Lipinski definition) is 5. The van der Waals surface area contributed by atoms with Crippen LogP contribution < -0.4 is 4.90 Å². The van der Waals surface area contributed by atoms with E-state index in [0.717, 1.165) is 24.0 Å². The molecule has 0 aliphatic rings. The van der Waals surface area contributed by atoms with E-state index in [1.54, 1.807) is 12.3 Å². The van der Waals surface area contributed by atoms with E-state index >= 15 is 0 Å². The fourth-order valence-corrected chi connectivity index (χ4v) is 2.25. The Balaban J connectivity index is 2.15. The molecule has 0 fully saturated rings. The quantitative estimate of drug-likeness (QED) is 0.573. The van der Waals surface area contributed by atoms with Gasteiger partial charge in [-0.1, -0.05) is 19.1 Å². The number of rotatable bonds is 6. The van der Waals surface area contributed by atoms with E-state index in [4.69, 9.17) is 25.8 Å². The number of fused-ring (bicyclic) bond motifs is 1. The predicted molar refractivity (Wildman–Crippen MR) is 81.4 cm³/mol. The van der Waals surface area contributed by atoms with Gasteiger partial charge in [0.1, 0.15) is 6.26 Å². The molecule has 19 heavy (non-hydrogen) atoms. The number of hydrogen-bond donors (Lipinski definition) is 0. The Morgan fingerprint density at radius 1 is 1.37 bits per heavy atom. The van der Waals surface area contributed by atoms with Crippen molar-refractivity contribution >= 4 is 45.2 Å². The van der Waals surface area contributed by atoms with Crippen molar-refractivity contribution in [3.05, 3.63) is 21.3 Å². The molecule has 0 aliphatic carbocycles. The van der Waals surface area contributed by atoms with Crippen LogP contribution in [-0.4, -0.2) is 26.8 Å². The molecule has 0 amide bonds. The third-order valence-electron chi connectivity index (χ3n) is 2.68. The molecule has 0 saturated carbocycles. The normalized spacial score (nSPS) is 11.1. The van der Waals surface area contributed by atoms with Crippen LogP contribution in [0.25, 0.3) is 11.2 Å². The second kappa shape index (κ2) is 6.54. The average molecular weight is 346 g/mol. The van der Waals surface area contributed by atoms with Gasteiger partial charge < -0.3 is 18.5 Å². The molecule has 2 aromatic heterocycles. The lowest BCUT2D eigenvalue weighted by Crippen LogP contribution is -2.22. The zero-order valence-electron chi connectivity index (χ0n) is 10.9. The van der Waals surface area contributed by atoms with Crippen LogP contribution in [0.15, 0.2) is 25.6 Å². The van der Waals surface area contributed by atoms with Gasteiger partial charge in [0.05, 0.1) is 15.6 Å². The van der Waals surface area contributed by atoms with Crippen LogP contribution in [0.5, 0.6) is 0 Å². The van der Waals surface area contributed by atoms with Gasteiger partial charge in [0, 0.05) is 26.3 Å². The van der Waals surface area contributed by atoms with Crippen LogP contribution in [0.2, 0.25) is 0 Å². The summed E-state index contributed by atoms with van der Waals surface area (Å²) in [5.41, 5.74) is 1.24. The van der Waals surface area contributed by atoms with E-state index in [9.17, 15) is 0 Å². The van der Waals surface area contributed by atoms with E-state index in [-0.39, 0.29) is 0 Å². The number of halogens is 1. The first-order valence-corrected chi connectivity index (χ1v) is 7.33. The standard InChI is InChI=1S/C13H16BrNO3S/c1-3-5-16-6-4-15(2)11-7-10(19)13-12(18-11)9(14)8-17-13/h7-8H,3-6H2,1-2H3. The monoisotopic (exact) mass is 345 g/mol. The van der Waals surface area contributed by atoms with Crippen LogP contribution in [0.1, 0.15) is 13.3 Å². The smallest absolute Gasteiger partial charge is 0.197 e. The molecule has 2 rings (SSSR count). The minimum atomic E-state index is 0.598. The maximum atomic E-state index is 5.80. The van der Waals surface area contributed by atoms with Crippen molar-refractivity contribution in [3.63, 3.8) is 0 Å². The predicted octanol–water partition coefficient (Wildman–Crippen LogP) is 4.38. The van der Waals surface area contributed by atoms with Gasteiger partial charge in [-0.25, -0.2) is 0 Å². The van der Waals surface area contributed by atoms with E-state index in [0.29, 0.717) is 28.2 Å². The Morgan fingerprint density at radius 2 is 2.16 bits per heavy atom. The van der Waals surface area contributed by atoms with Crippen LogP contribution >= 0.6 is 28.1 Å². The molecule has 0 spiro atoms. The Hall–Kier alpha value is -0.850.